The maximum absolute atomic E-state index is 12.6. The third kappa shape index (κ3) is 5.69. The Morgan fingerprint density at radius 3 is 2.48 bits per heavy atom. The third-order valence-electron chi connectivity index (χ3n) is 5.36. The monoisotopic (exact) mass is 370 g/mol. The molecule has 2 aromatic rings. The van der Waals surface area contributed by atoms with Crippen molar-refractivity contribution in [3.8, 4) is 5.75 Å². The SMILES string of the molecule is CCCCCCCCc1c(C)nn(C(=O)COc2cccc(C)c2C)c1C. The minimum atomic E-state index is -0.120. The average molecular weight is 371 g/mol. The number of hydrogen-bond donors (Lipinski definition) is 0. The van der Waals surface area contributed by atoms with Crippen molar-refractivity contribution in [2.45, 2.75) is 79.6 Å². The van der Waals surface area contributed by atoms with Gasteiger partial charge < -0.3 is 4.74 Å². The van der Waals surface area contributed by atoms with Crippen molar-refractivity contribution >= 4 is 5.91 Å². The van der Waals surface area contributed by atoms with Crippen LogP contribution in [0, 0.1) is 27.7 Å². The Labute approximate surface area is 163 Å². The fourth-order valence-electron chi connectivity index (χ4n) is 3.44. The Bertz CT molecular complexity index is 762. The molecule has 0 fully saturated rings. The number of carbonyl (C=O) groups is 1. The van der Waals surface area contributed by atoms with Crippen molar-refractivity contribution in [3.05, 3.63) is 46.3 Å². The third-order valence-corrected chi connectivity index (χ3v) is 5.36. The van der Waals surface area contributed by atoms with Crippen LogP contribution in [0.1, 0.15) is 78.3 Å². The molecule has 1 heterocycles. The molecule has 0 spiro atoms. The van der Waals surface area contributed by atoms with Crippen molar-refractivity contribution in [3.63, 3.8) is 0 Å². The summed E-state index contributed by atoms with van der Waals surface area (Å²) < 4.78 is 7.28. The molecule has 0 radical (unpaired) electrons. The molecular weight excluding hydrogens is 336 g/mol. The van der Waals surface area contributed by atoms with Crippen molar-refractivity contribution in [1.82, 2.24) is 9.78 Å². The van der Waals surface area contributed by atoms with Crippen LogP contribution < -0.4 is 4.74 Å². The molecule has 0 saturated heterocycles. The molecule has 0 unspecified atom stereocenters. The second-order valence-corrected chi connectivity index (χ2v) is 7.46. The minimum Gasteiger partial charge on any atom is -0.483 e. The topological polar surface area (TPSA) is 44.1 Å². The van der Waals surface area contributed by atoms with E-state index in [2.05, 4.69) is 12.0 Å². The number of benzene rings is 1. The standard InChI is InChI=1S/C23H34N2O2/c1-6-7-8-9-10-11-14-21-19(4)24-25(20(21)5)23(26)16-27-22-15-12-13-17(2)18(22)3/h12-13,15H,6-11,14,16H2,1-5H3. The summed E-state index contributed by atoms with van der Waals surface area (Å²) >= 11 is 0. The molecule has 0 aliphatic rings. The average Bonchev–Trinajstić information content (AvgIpc) is 2.93. The summed E-state index contributed by atoms with van der Waals surface area (Å²) in [6, 6.07) is 5.89. The van der Waals surface area contributed by atoms with Crippen LogP contribution >= 0.6 is 0 Å². The molecule has 0 N–H and O–H groups in total. The summed E-state index contributed by atoms with van der Waals surface area (Å²) in [6.45, 7) is 10.3. The lowest BCUT2D eigenvalue weighted by molar-refractivity contribution is 0.0817. The van der Waals surface area contributed by atoms with Crippen LogP contribution in [0.2, 0.25) is 0 Å². The van der Waals surface area contributed by atoms with Crippen LogP contribution in [0.15, 0.2) is 18.2 Å². The Morgan fingerprint density at radius 1 is 1.04 bits per heavy atom. The van der Waals surface area contributed by atoms with Gasteiger partial charge in [-0.15, -0.1) is 0 Å². The van der Waals surface area contributed by atoms with E-state index in [1.165, 1.54) is 42.3 Å². The molecule has 27 heavy (non-hydrogen) atoms. The van der Waals surface area contributed by atoms with Crippen LogP contribution in [0.25, 0.3) is 0 Å². The molecule has 4 heteroatoms. The van der Waals surface area contributed by atoms with E-state index in [1.807, 2.05) is 45.9 Å². The first kappa shape index (κ1) is 21.2. The summed E-state index contributed by atoms with van der Waals surface area (Å²) in [7, 11) is 0. The van der Waals surface area contributed by atoms with E-state index in [0.717, 1.165) is 41.1 Å². The summed E-state index contributed by atoms with van der Waals surface area (Å²) in [6.07, 6.45) is 8.61. The first-order valence-corrected chi connectivity index (χ1v) is 10.2. The predicted molar refractivity (Wildman–Crippen MR) is 111 cm³/mol. The molecule has 2 rings (SSSR count). The first-order chi connectivity index (χ1) is 13.0. The van der Waals surface area contributed by atoms with E-state index < -0.39 is 0 Å². The number of unbranched alkanes of at least 4 members (excludes halogenated alkanes) is 5. The fourth-order valence-corrected chi connectivity index (χ4v) is 3.44. The zero-order valence-electron chi connectivity index (χ0n) is 17.6. The number of nitrogens with zero attached hydrogens (tertiary/aromatic N) is 2. The summed E-state index contributed by atoms with van der Waals surface area (Å²) in [4.78, 5) is 12.6. The van der Waals surface area contributed by atoms with Gasteiger partial charge in [-0.2, -0.15) is 5.10 Å². The quantitative estimate of drug-likeness (QED) is 0.501. The number of aromatic nitrogens is 2. The Hall–Kier alpha value is -2.10. The van der Waals surface area contributed by atoms with Crippen LogP contribution in [0.5, 0.6) is 5.75 Å². The van der Waals surface area contributed by atoms with Gasteiger partial charge in [0.2, 0.25) is 0 Å². The molecule has 1 aromatic heterocycles. The van der Waals surface area contributed by atoms with Crippen LogP contribution in [-0.4, -0.2) is 22.3 Å². The Kier molecular flexibility index (Phi) is 8.08. The second-order valence-electron chi connectivity index (χ2n) is 7.46. The molecule has 0 bridgehead atoms. The number of hydrogen-bond acceptors (Lipinski definition) is 3. The summed E-state index contributed by atoms with van der Waals surface area (Å²) in [5, 5.41) is 4.48. The molecule has 0 aliphatic carbocycles. The maximum atomic E-state index is 12.6. The molecular formula is C23H34N2O2. The van der Waals surface area contributed by atoms with Crippen LogP contribution in [-0.2, 0) is 6.42 Å². The highest BCUT2D eigenvalue weighted by atomic mass is 16.5. The highest BCUT2D eigenvalue weighted by molar-refractivity contribution is 5.80. The molecule has 1 aromatic carbocycles. The highest BCUT2D eigenvalue weighted by Crippen LogP contribution is 2.21. The van der Waals surface area contributed by atoms with Gasteiger partial charge in [0.1, 0.15) is 5.75 Å². The molecule has 148 valence electrons. The zero-order valence-corrected chi connectivity index (χ0v) is 17.6. The van der Waals surface area contributed by atoms with Crippen LogP contribution in [0.4, 0.5) is 0 Å². The normalized spacial score (nSPS) is 11.0. The fraction of sp³-hybridized carbons (Fsp3) is 0.565. The Morgan fingerprint density at radius 2 is 1.74 bits per heavy atom. The number of carbonyl (C=O) groups excluding carboxylic acids is 1. The predicted octanol–water partition coefficient (Wildman–Crippen LogP) is 5.74. The Balaban J connectivity index is 1.94. The molecule has 4 nitrogen and oxygen atoms in total. The van der Waals surface area contributed by atoms with E-state index in [0.29, 0.717) is 0 Å². The largest absolute Gasteiger partial charge is 0.483 e. The van der Waals surface area contributed by atoms with E-state index >= 15 is 0 Å². The lowest BCUT2D eigenvalue weighted by Gasteiger charge is -2.11. The van der Waals surface area contributed by atoms with Gasteiger partial charge in [0.15, 0.2) is 6.61 Å². The van der Waals surface area contributed by atoms with Crippen molar-refractivity contribution in [2.24, 2.45) is 0 Å². The molecule has 0 amide bonds. The molecule has 0 atom stereocenters. The summed E-state index contributed by atoms with van der Waals surface area (Å²) in [5.41, 5.74) is 5.36. The van der Waals surface area contributed by atoms with Gasteiger partial charge in [-0.1, -0.05) is 51.2 Å². The van der Waals surface area contributed by atoms with Gasteiger partial charge in [0.25, 0.3) is 5.91 Å². The van der Waals surface area contributed by atoms with Gasteiger partial charge in [-0.25, -0.2) is 4.68 Å². The lowest BCUT2D eigenvalue weighted by Crippen LogP contribution is -2.22. The first-order valence-electron chi connectivity index (χ1n) is 10.2. The van der Waals surface area contributed by atoms with Gasteiger partial charge in [0.05, 0.1) is 5.69 Å². The van der Waals surface area contributed by atoms with Crippen molar-refractivity contribution in [2.75, 3.05) is 6.61 Å². The van der Waals surface area contributed by atoms with Crippen molar-refractivity contribution in [1.29, 1.82) is 0 Å². The van der Waals surface area contributed by atoms with E-state index in [9.17, 15) is 4.79 Å². The van der Waals surface area contributed by atoms with E-state index in [-0.39, 0.29) is 12.5 Å². The number of aryl methyl sites for hydroxylation is 2. The lowest BCUT2D eigenvalue weighted by atomic mass is 10.0. The highest BCUT2D eigenvalue weighted by Gasteiger charge is 2.17. The maximum Gasteiger partial charge on any atom is 0.284 e. The van der Waals surface area contributed by atoms with Crippen LogP contribution in [0.3, 0.4) is 0 Å². The molecule has 0 saturated carbocycles. The number of rotatable bonds is 10. The minimum absolute atomic E-state index is 0.00269. The van der Waals surface area contributed by atoms with Gasteiger partial charge in [-0.05, 0) is 63.3 Å². The number of ether oxygens (including phenoxy) is 1. The van der Waals surface area contributed by atoms with Gasteiger partial charge in [-0.3, -0.25) is 4.79 Å². The summed E-state index contributed by atoms with van der Waals surface area (Å²) in [5.74, 6) is 0.642. The van der Waals surface area contributed by atoms with Gasteiger partial charge in [0, 0.05) is 5.69 Å². The van der Waals surface area contributed by atoms with E-state index in [4.69, 9.17) is 4.74 Å². The smallest absolute Gasteiger partial charge is 0.284 e. The second kappa shape index (κ2) is 10.3. The molecule has 0 aliphatic heterocycles. The zero-order chi connectivity index (χ0) is 19.8. The van der Waals surface area contributed by atoms with Crippen molar-refractivity contribution < 1.29 is 9.53 Å². The van der Waals surface area contributed by atoms with Gasteiger partial charge >= 0.3 is 0 Å². The van der Waals surface area contributed by atoms with E-state index in [1.54, 1.807) is 0 Å².